The van der Waals surface area contributed by atoms with E-state index in [1.54, 1.807) is 13.2 Å². The molecule has 0 aliphatic carbocycles. The van der Waals surface area contributed by atoms with Crippen LogP contribution < -0.4 is 20.9 Å². The molecule has 0 saturated heterocycles. The number of benzene rings is 3. The Hall–Kier alpha value is -3.12. The van der Waals surface area contributed by atoms with Crippen LogP contribution in [0.5, 0.6) is 5.75 Å². The van der Waals surface area contributed by atoms with Gasteiger partial charge in [0.05, 0.1) is 12.7 Å². The molecule has 150 valence electrons. The molecule has 6 heteroatoms. The van der Waals surface area contributed by atoms with Crippen LogP contribution in [0.1, 0.15) is 35.7 Å². The molecule has 3 aromatic carbocycles. The maximum atomic E-state index is 12.6. The molecule has 0 heterocycles. The van der Waals surface area contributed by atoms with Crippen molar-refractivity contribution in [1.82, 2.24) is 10.9 Å². The maximum absolute atomic E-state index is 12.6. The number of amides is 1. The fourth-order valence-electron chi connectivity index (χ4n) is 3.04. The van der Waals surface area contributed by atoms with E-state index < -0.39 is 0 Å². The number of anilines is 1. The van der Waals surface area contributed by atoms with Crippen molar-refractivity contribution < 1.29 is 9.53 Å². The summed E-state index contributed by atoms with van der Waals surface area (Å²) in [6.07, 6.45) is 3.43. The lowest BCUT2D eigenvalue weighted by molar-refractivity contribution is 0.0941. The zero-order chi connectivity index (χ0) is 20.6. The highest BCUT2D eigenvalue weighted by Gasteiger charge is 2.14. The molecule has 0 radical (unpaired) electrons. The van der Waals surface area contributed by atoms with E-state index in [0.29, 0.717) is 16.4 Å². The van der Waals surface area contributed by atoms with Crippen molar-refractivity contribution in [1.29, 1.82) is 0 Å². The SMILES string of the molecule is CCCCc1ccc(NC(=S)NNC(=O)c2cc3ccccc3cc2OC)cc1. The summed E-state index contributed by atoms with van der Waals surface area (Å²) in [5.74, 6) is 0.177. The molecule has 0 saturated carbocycles. The summed E-state index contributed by atoms with van der Waals surface area (Å²) in [6, 6.07) is 19.6. The zero-order valence-electron chi connectivity index (χ0n) is 16.6. The molecule has 3 aromatic rings. The largest absolute Gasteiger partial charge is 0.496 e. The number of fused-ring (bicyclic) bond motifs is 1. The number of hydrazine groups is 1. The van der Waals surface area contributed by atoms with Gasteiger partial charge in [-0.2, -0.15) is 0 Å². The van der Waals surface area contributed by atoms with Crippen molar-refractivity contribution in [3.63, 3.8) is 0 Å². The van der Waals surface area contributed by atoms with Gasteiger partial charge in [0.1, 0.15) is 5.75 Å². The van der Waals surface area contributed by atoms with Gasteiger partial charge in [0, 0.05) is 5.69 Å². The number of methoxy groups -OCH3 is 1. The van der Waals surface area contributed by atoms with Crippen LogP contribution in [-0.2, 0) is 6.42 Å². The third-order valence-electron chi connectivity index (χ3n) is 4.63. The number of ether oxygens (including phenoxy) is 1. The van der Waals surface area contributed by atoms with E-state index in [9.17, 15) is 4.79 Å². The number of hydrogen-bond acceptors (Lipinski definition) is 3. The first-order chi connectivity index (χ1) is 14.1. The zero-order valence-corrected chi connectivity index (χ0v) is 17.4. The second kappa shape index (κ2) is 9.89. The van der Waals surface area contributed by atoms with Crippen LogP contribution in [0.3, 0.4) is 0 Å². The number of aryl methyl sites for hydroxylation is 1. The molecular weight excluding hydrogens is 382 g/mol. The van der Waals surface area contributed by atoms with Crippen LogP contribution in [-0.4, -0.2) is 18.1 Å². The number of carbonyl (C=O) groups excluding carboxylic acids is 1. The van der Waals surface area contributed by atoms with Gasteiger partial charge in [0.25, 0.3) is 5.91 Å². The van der Waals surface area contributed by atoms with Crippen LogP contribution >= 0.6 is 12.2 Å². The molecule has 0 bridgehead atoms. The Labute approximate surface area is 176 Å². The van der Waals surface area contributed by atoms with E-state index in [0.717, 1.165) is 22.9 Å². The predicted molar refractivity (Wildman–Crippen MR) is 122 cm³/mol. The first-order valence-corrected chi connectivity index (χ1v) is 10.0. The van der Waals surface area contributed by atoms with Gasteiger partial charge < -0.3 is 10.1 Å². The smallest absolute Gasteiger partial charge is 0.273 e. The molecular formula is C23H25N3O2S. The Balaban J connectivity index is 1.60. The molecule has 29 heavy (non-hydrogen) atoms. The van der Waals surface area contributed by atoms with Crippen LogP contribution in [0.15, 0.2) is 60.7 Å². The van der Waals surface area contributed by atoms with Gasteiger partial charge in [-0.05, 0) is 65.7 Å². The highest BCUT2D eigenvalue weighted by molar-refractivity contribution is 7.80. The Morgan fingerprint density at radius 3 is 2.34 bits per heavy atom. The molecule has 0 unspecified atom stereocenters. The molecule has 1 amide bonds. The average molecular weight is 408 g/mol. The first-order valence-electron chi connectivity index (χ1n) is 9.63. The van der Waals surface area contributed by atoms with E-state index in [-0.39, 0.29) is 5.91 Å². The highest BCUT2D eigenvalue weighted by Crippen LogP contribution is 2.25. The molecule has 3 rings (SSSR count). The molecule has 5 nitrogen and oxygen atoms in total. The van der Waals surface area contributed by atoms with E-state index >= 15 is 0 Å². The minimum Gasteiger partial charge on any atom is -0.496 e. The lowest BCUT2D eigenvalue weighted by Crippen LogP contribution is -2.43. The van der Waals surface area contributed by atoms with E-state index in [2.05, 4.69) is 35.2 Å². The minimum absolute atomic E-state index is 0.305. The fourth-order valence-corrected chi connectivity index (χ4v) is 3.21. The first kappa shape index (κ1) is 20.6. The standard InChI is InChI=1S/C23H25N3O2S/c1-3-4-7-16-10-12-19(13-11-16)24-23(29)26-25-22(27)20-14-17-8-5-6-9-18(17)15-21(20)28-2/h5-6,8-15H,3-4,7H2,1-2H3,(H,25,27)(H2,24,26,29). The van der Waals surface area contributed by atoms with Gasteiger partial charge >= 0.3 is 0 Å². The number of carbonyl (C=O) groups is 1. The number of unbranched alkanes of at least 4 members (excludes halogenated alkanes) is 1. The van der Waals surface area contributed by atoms with Crippen molar-refractivity contribution in [3.05, 3.63) is 71.8 Å². The Morgan fingerprint density at radius 1 is 1.00 bits per heavy atom. The van der Waals surface area contributed by atoms with E-state index in [4.69, 9.17) is 17.0 Å². The lowest BCUT2D eigenvalue weighted by Gasteiger charge is -2.14. The summed E-state index contributed by atoms with van der Waals surface area (Å²) < 4.78 is 5.38. The second-order valence-corrected chi connectivity index (χ2v) is 7.14. The van der Waals surface area contributed by atoms with Crippen molar-refractivity contribution >= 4 is 39.7 Å². The van der Waals surface area contributed by atoms with E-state index in [1.165, 1.54) is 18.4 Å². The van der Waals surface area contributed by atoms with E-state index in [1.807, 2.05) is 42.5 Å². The number of rotatable bonds is 6. The van der Waals surface area contributed by atoms with Gasteiger partial charge in [-0.15, -0.1) is 0 Å². The number of hydrogen-bond donors (Lipinski definition) is 3. The molecule has 3 N–H and O–H groups in total. The summed E-state index contributed by atoms with van der Waals surface area (Å²) in [7, 11) is 1.55. The minimum atomic E-state index is -0.327. The summed E-state index contributed by atoms with van der Waals surface area (Å²) in [5, 5.41) is 5.34. The maximum Gasteiger partial charge on any atom is 0.273 e. The molecule has 0 aliphatic heterocycles. The van der Waals surface area contributed by atoms with Gasteiger partial charge in [-0.1, -0.05) is 49.7 Å². The molecule has 0 atom stereocenters. The second-order valence-electron chi connectivity index (χ2n) is 6.73. The summed E-state index contributed by atoms with van der Waals surface area (Å²) in [6.45, 7) is 2.18. The topological polar surface area (TPSA) is 62.4 Å². The Morgan fingerprint density at radius 2 is 1.69 bits per heavy atom. The summed E-state index contributed by atoms with van der Waals surface area (Å²) in [4.78, 5) is 12.6. The number of nitrogens with one attached hydrogen (secondary N) is 3. The third kappa shape index (κ3) is 5.45. The van der Waals surface area contributed by atoms with Crippen LogP contribution in [0.4, 0.5) is 5.69 Å². The van der Waals surface area contributed by atoms with Gasteiger partial charge in [-0.3, -0.25) is 15.6 Å². The quantitative estimate of drug-likeness (QED) is 0.404. The van der Waals surface area contributed by atoms with Crippen LogP contribution in [0, 0.1) is 0 Å². The molecule has 0 spiro atoms. The monoisotopic (exact) mass is 407 g/mol. The Bertz CT molecular complexity index is 1000. The van der Waals surface area contributed by atoms with Crippen molar-refractivity contribution in [2.24, 2.45) is 0 Å². The highest BCUT2D eigenvalue weighted by atomic mass is 32.1. The summed E-state index contributed by atoms with van der Waals surface area (Å²) in [5.41, 5.74) is 7.96. The van der Waals surface area contributed by atoms with Gasteiger partial charge in [0.2, 0.25) is 0 Å². The molecule has 0 fully saturated rings. The van der Waals surface area contributed by atoms with Crippen LogP contribution in [0.2, 0.25) is 0 Å². The van der Waals surface area contributed by atoms with Gasteiger partial charge in [-0.25, -0.2) is 0 Å². The lowest BCUT2D eigenvalue weighted by atomic mass is 10.1. The Kier molecular flexibility index (Phi) is 7.03. The average Bonchev–Trinajstić information content (AvgIpc) is 2.76. The molecule has 0 aromatic heterocycles. The van der Waals surface area contributed by atoms with Crippen molar-refractivity contribution in [3.8, 4) is 5.75 Å². The molecule has 0 aliphatic rings. The predicted octanol–water partition coefficient (Wildman–Crippen LogP) is 4.82. The number of thiocarbonyl (C=S) groups is 1. The van der Waals surface area contributed by atoms with Crippen LogP contribution in [0.25, 0.3) is 10.8 Å². The third-order valence-corrected chi connectivity index (χ3v) is 4.84. The normalized spacial score (nSPS) is 10.4. The van der Waals surface area contributed by atoms with Crippen molar-refractivity contribution in [2.45, 2.75) is 26.2 Å². The van der Waals surface area contributed by atoms with Crippen molar-refractivity contribution in [2.75, 3.05) is 12.4 Å². The fraction of sp³-hybridized carbons (Fsp3) is 0.217. The van der Waals surface area contributed by atoms with Gasteiger partial charge in [0.15, 0.2) is 5.11 Å². The summed E-state index contributed by atoms with van der Waals surface area (Å²) >= 11 is 5.28.